The number of halogens is 2. The third kappa shape index (κ3) is 3.50. The molecule has 0 aromatic heterocycles. The van der Waals surface area contributed by atoms with Gasteiger partial charge in [0.1, 0.15) is 23.8 Å². The highest BCUT2D eigenvalue weighted by molar-refractivity contribution is 5.63. The summed E-state index contributed by atoms with van der Waals surface area (Å²) < 4.78 is 31.3. The largest absolute Gasteiger partial charge is 0.496 e. The van der Waals surface area contributed by atoms with E-state index in [9.17, 15) is 18.7 Å². The number of hydrogen-bond donors (Lipinski definition) is 1. The van der Waals surface area contributed by atoms with Crippen molar-refractivity contribution in [2.75, 3.05) is 13.8 Å². The minimum Gasteiger partial charge on any atom is -0.496 e. The summed E-state index contributed by atoms with van der Waals surface area (Å²) in [5.74, 6) is -0.0303. The Balaban J connectivity index is 3.19. The van der Waals surface area contributed by atoms with Crippen LogP contribution in [0.3, 0.4) is 0 Å². The average Bonchev–Trinajstić information content (AvgIpc) is 2.38. The fraction of sp³-hybridized carbons (Fsp3) is 0.500. The van der Waals surface area contributed by atoms with Gasteiger partial charge in [0.2, 0.25) is 0 Å². The van der Waals surface area contributed by atoms with Gasteiger partial charge in [-0.05, 0) is 30.0 Å². The predicted octanol–water partition coefficient (Wildman–Crippen LogP) is 2.40. The molecule has 0 spiro atoms. The summed E-state index contributed by atoms with van der Waals surface area (Å²) in [6, 6.07) is 3.98. The van der Waals surface area contributed by atoms with Crippen LogP contribution in [-0.4, -0.2) is 30.8 Å². The average molecular weight is 272 g/mol. The second-order valence-electron chi connectivity index (χ2n) is 5.26. The van der Waals surface area contributed by atoms with Gasteiger partial charge in [0, 0.05) is 5.56 Å². The van der Waals surface area contributed by atoms with Gasteiger partial charge in [-0.25, -0.2) is 8.78 Å². The number of methoxy groups -OCH3 is 1. The molecule has 1 aromatic carbocycles. The van der Waals surface area contributed by atoms with Crippen LogP contribution in [0, 0.1) is 5.82 Å². The van der Waals surface area contributed by atoms with Gasteiger partial charge in [-0.2, -0.15) is 0 Å². The van der Waals surface area contributed by atoms with Crippen LogP contribution in [-0.2, 0) is 10.2 Å². The SMILES string of the molecule is COc1ccc(F)cc1C(C)(C)CC(O)(C=O)CF. The molecule has 0 radical (unpaired) electrons. The highest BCUT2D eigenvalue weighted by atomic mass is 19.1. The van der Waals surface area contributed by atoms with Crippen molar-refractivity contribution in [3.05, 3.63) is 29.6 Å². The van der Waals surface area contributed by atoms with Crippen LogP contribution in [0.4, 0.5) is 8.78 Å². The molecule has 0 fully saturated rings. The second-order valence-corrected chi connectivity index (χ2v) is 5.26. The molecule has 0 aliphatic rings. The topological polar surface area (TPSA) is 46.5 Å². The van der Waals surface area contributed by atoms with Gasteiger partial charge in [-0.3, -0.25) is 0 Å². The Morgan fingerprint density at radius 1 is 1.42 bits per heavy atom. The van der Waals surface area contributed by atoms with Crippen LogP contribution in [0.15, 0.2) is 18.2 Å². The van der Waals surface area contributed by atoms with Gasteiger partial charge in [-0.1, -0.05) is 13.8 Å². The van der Waals surface area contributed by atoms with Gasteiger partial charge in [0.05, 0.1) is 7.11 Å². The molecule has 0 bridgehead atoms. The first kappa shape index (κ1) is 15.6. The maximum atomic E-state index is 13.3. The van der Waals surface area contributed by atoms with Crippen LogP contribution >= 0.6 is 0 Å². The van der Waals surface area contributed by atoms with Crippen molar-refractivity contribution in [2.45, 2.75) is 31.3 Å². The molecule has 0 aliphatic carbocycles. The van der Waals surface area contributed by atoms with Crippen LogP contribution in [0.1, 0.15) is 25.8 Å². The summed E-state index contributed by atoms with van der Waals surface area (Å²) in [5, 5.41) is 9.78. The summed E-state index contributed by atoms with van der Waals surface area (Å²) >= 11 is 0. The van der Waals surface area contributed by atoms with E-state index in [1.807, 2.05) is 0 Å². The van der Waals surface area contributed by atoms with E-state index in [-0.39, 0.29) is 12.7 Å². The van der Waals surface area contributed by atoms with E-state index in [0.717, 1.165) is 0 Å². The lowest BCUT2D eigenvalue weighted by molar-refractivity contribution is -0.127. The number of hydrogen-bond acceptors (Lipinski definition) is 3. The fourth-order valence-corrected chi connectivity index (χ4v) is 2.19. The Morgan fingerprint density at radius 2 is 2.05 bits per heavy atom. The van der Waals surface area contributed by atoms with E-state index in [1.165, 1.54) is 25.3 Å². The number of aliphatic hydroxyl groups is 1. The minimum atomic E-state index is -2.07. The van der Waals surface area contributed by atoms with Crippen molar-refractivity contribution in [2.24, 2.45) is 0 Å². The highest BCUT2D eigenvalue weighted by Gasteiger charge is 2.37. The fourth-order valence-electron chi connectivity index (χ4n) is 2.19. The molecule has 1 aromatic rings. The number of benzene rings is 1. The molecular weight excluding hydrogens is 254 g/mol. The predicted molar refractivity (Wildman–Crippen MR) is 67.6 cm³/mol. The standard InChI is InChI=1S/C14H18F2O3/c1-13(2,7-14(18,8-15)9-17)11-6-10(16)4-5-12(11)19-3/h4-6,9,18H,7-8H2,1-3H3. The zero-order chi connectivity index (χ0) is 14.7. The van der Waals surface area contributed by atoms with Crippen molar-refractivity contribution < 1.29 is 23.4 Å². The van der Waals surface area contributed by atoms with Crippen LogP contribution in [0.25, 0.3) is 0 Å². The van der Waals surface area contributed by atoms with Gasteiger partial charge < -0.3 is 14.6 Å². The lowest BCUT2D eigenvalue weighted by Crippen LogP contribution is -2.40. The zero-order valence-electron chi connectivity index (χ0n) is 11.2. The van der Waals surface area contributed by atoms with Gasteiger partial charge >= 0.3 is 0 Å². The highest BCUT2D eigenvalue weighted by Crippen LogP contribution is 2.37. The van der Waals surface area contributed by atoms with E-state index < -0.39 is 23.5 Å². The maximum absolute atomic E-state index is 13.3. The Bertz CT molecular complexity index is 460. The first-order chi connectivity index (χ1) is 8.78. The zero-order valence-corrected chi connectivity index (χ0v) is 11.2. The van der Waals surface area contributed by atoms with Gasteiger partial charge in [-0.15, -0.1) is 0 Å². The Labute approximate surface area is 111 Å². The number of alkyl halides is 1. The molecule has 0 saturated heterocycles. The molecule has 5 heteroatoms. The number of ether oxygens (including phenoxy) is 1. The first-order valence-corrected chi connectivity index (χ1v) is 5.87. The van der Waals surface area contributed by atoms with Crippen molar-refractivity contribution in [3.63, 3.8) is 0 Å². The van der Waals surface area contributed by atoms with Crippen molar-refractivity contribution in [1.82, 2.24) is 0 Å². The molecule has 3 nitrogen and oxygen atoms in total. The molecule has 0 amide bonds. The van der Waals surface area contributed by atoms with Gasteiger partial charge in [0.15, 0.2) is 6.29 Å². The van der Waals surface area contributed by atoms with Crippen LogP contribution in [0.2, 0.25) is 0 Å². The smallest absolute Gasteiger partial charge is 0.154 e. The Kier molecular flexibility index (Phi) is 4.63. The molecule has 1 unspecified atom stereocenters. The lowest BCUT2D eigenvalue weighted by Gasteiger charge is -2.32. The number of rotatable bonds is 6. The summed E-state index contributed by atoms with van der Waals surface area (Å²) in [7, 11) is 1.44. The molecule has 0 heterocycles. The van der Waals surface area contributed by atoms with Crippen LogP contribution in [0.5, 0.6) is 5.75 Å². The van der Waals surface area contributed by atoms with E-state index in [0.29, 0.717) is 11.3 Å². The number of aldehydes is 1. The first-order valence-electron chi connectivity index (χ1n) is 5.87. The summed E-state index contributed by atoms with van der Waals surface area (Å²) in [6.07, 6.45) is 0.0142. The quantitative estimate of drug-likeness (QED) is 0.809. The van der Waals surface area contributed by atoms with E-state index >= 15 is 0 Å². The molecule has 1 atom stereocenters. The molecule has 19 heavy (non-hydrogen) atoms. The number of carbonyl (C=O) groups is 1. The third-order valence-electron chi connectivity index (χ3n) is 3.09. The van der Waals surface area contributed by atoms with Crippen molar-refractivity contribution >= 4 is 6.29 Å². The maximum Gasteiger partial charge on any atom is 0.154 e. The molecule has 1 N–H and O–H groups in total. The monoisotopic (exact) mass is 272 g/mol. The number of carbonyl (C=O) groups excluding carboxylic acids is 1. The molecule has 1 rings (SSSR count). The molecular formula is C14H18F2O3. The van der Waals surface area contributed by atoms with Crippen molar-refractivity contribution in [3.8, 4) is 5.75 Å². The molecule has 106 valence electrons. The van der Waals surface area contributed by atoms with E-state index in [4.69, 9.17) is 4.74 Å². The van der Waals surface area contributed by atoms with Crippen LogP contribution < -0.4 is 4.74 Å². The summed E-state index contributed by atoms with van der Waals surface area (Å²) in [6.45, 7) is 2.19. The van der Waals surface area contributed by atoms with Gasteiger partial charge in [0.25, 0.3) is 0 Å². The molecule has 0 aliphatic heterocycles. The van der Waals surface area contributed by atoms with Crippen molar-refractivity contribution in [1.29, 1.82) is 0 Å². The minimum absolute atomic E-state index is 0.167. The summed E-state index contributed by atoms with van der Waals surface area (Å²) in [4.78, 5) is 10.8. The second kappa shape index (κ2) is 5.65. The van der Waals surface area contributed by atoms with E-state index in [2.05, 4.69) is 0 Å². The Morgan fingerprint density at radius 3 is 2.53 bits per heavy atom. The third-order valence-corrected chi connectivity index (χ3v) is 3.09. The normalized spacial score (nSPS) is 14.8. The lowest BCUT2D eigenvalue weighted by atomic mass is 9.75. The van der Waals surface area contributed by atoms with E-state index in [1.54, 1.807) is 13.8 Å². The summed E-state index contributed by atoms with van der Waals surface area (Å²) in [5.41, 5.74) is -2.42. The Hall–Kier alpha value is -1.49. The molecule has 0 saturated carbocycles.